The lowest BCUT2D eigenvalue weighted by Gasteiger charge is -2.34. The molecule has 0 aromatic heterocycles. The van der Waals surface area contributed by atoms with Crippen LogP contribution in [0.25, 0.3) is 0 Å². The van der Waals surface area contributed by atoms with Crippen LogP contribution in [0.5, 0.6) is 0 Å². The van der Waals surface area contributed by atoms with Crippen LogP contribution in [0.15, 0.2) is 4.99 Å². The van der Waals surface area contributed by atoms with Gasteiger partial charge in [0.25, 0.3) is 0 Å². The molecule has 0 aromatic rings. The van der Waals surface area contributed by atoms with Crippen molar-refractivity contribution in [2.75, 3.05) is 19.6 Å². The molecule has 106 valence electrons. The van der Waals surface area contributed by atoms with Gasteiger partial charge in [-0.2, -0.15) is 13.2 Å². The number of alkyl halides is 3. The van der Waals surface area contributed by atoms with Crippen LogP contribution in [0.1, 0.15) is 32.6 Å². The number of hydrogen-bond donors (Lipinski definition) is 2. The molecule has 1 aliphatic heterocycles. The fourth-order valence-corrected chi connectivity index (χ4v) is 2.00. The van der Waals surface area contributed by atoms with Crippen molar-refractivity contribution in [2.24, 2.45) is 16.8 Å². The van der Waals surface area contributed by atoms with Gasteiger partial charge in [0, 0.05) is 19.6 Å². The summed E-state index contributed by atoms with van der Waals surface area (Å²) in [6.07, 6.45) is -1.89. The monoisotopic (exact) mass is 266 g/mol. The minimum absolute atomic E-state index is 0.109. The highest BCUT2D eigenvalue weighted by atomic mass is 19.4. The normalized spacial score (nSPS) is 19.2. The van der Waals surface area contributed by atoms with Crippen molar-refractivity contribution < 1.29 is 13.2 Å². The highest BCUT2D eigenvalue weighted by Gasteiger charge is 2.41. The number of likely N-dealkylation sites (tertiary alicyclic amines) is 1. The first-order chi connectivity index (χ1) is 8.49. The maximum absolute atomic E-state index is 12.5. The first-order valence-corrected chi connectivity index (χ1v) is 6.31. The Hall–Kier alpha value is -0.980. The smallest absolute Gasteiger partial charge is 0.342 e. The van der Waals surface area contributed by atoms with E-state index in [1.807, 2.05) is 0 Å². The summed E-state index contributed by atoms with van der Waals surface area (Å²) < 4.78 is 37.5. The van der Waals surface area contributed by atoms with Gasteiger partial charge in [0.1, 0.15) is 0 Å². The Bertz CT molecular complexity index is 270. The number of nitrogens with two attached hydrogens (primary N) is 1. The Balaban J connectivity index is 2.47. The molecule has 1 saturated heterocycles. The summed E-state index contributed by atoms with van der Waals surface area (Å²) in [6.45, 7) is 3.40. The third-order valence-corrected chi connectivity index (χ3v) is 3.16. The summed E-state index contributed by atoms with van der Waals surface area (Å²) >= 11 is 0. The minimum atomic E-state index is -4.08. The summed E-state index contributed by atoms with van der Waals surface area (Å²) in [6, 6.07) is 0. The molecule has 0 bridgehead atoms. The second-order valence-corrected chi connectivity index (χ2v) is 4.51. The quantitative estimate of drug-likeness (QED) is 0.270. The van der Waals surface area contributed by atoms with Crippen LogP contribution in [0.3, 0.4) is 0 Å². The number of rotatable bonds is 3. The van der Waals surface area contributed by atoms with Gasteiger partial charge in [0.2, 0.25) is 5.96 Å². The Labute approximate surface area is 105 Å². The summed E-state index contributed by atoms with van der Waals surface area (Å²) in [5.74, 6) is 4.67. The minimum Gasteiger partial charge on any atom is -0.342 e. The predicted molar refractivity (Wildman–Crippen MR) is 64.9 cm³/mol. The van der Waals surface area contributed by atoms with E-state index in [0.29, 0.717) is 25.6 Å². The maximum Gasteiger partial charge on any atom is 0.391 e. The molecule has 1 aliphatic rings. The molecule has 1 fully saturated rings. The van der Waals surface area contributed by atoms with Gasteiger partial charge >= 0.3 is 6.18 Å². The number of halogens is 3. The van der Waals surface area contributed by atoms with E-state index in [9.17, 15) is 13.2 Å². The molecule has 7 heteroatoms. The van der Waals surface area contributed by atoms with Crippen molar-refractivity contribution in [2.45, 2.75) is 38.8 Å². The molecular weight excluding hydrogens is 245 g/mol. The summed E-state index contributed by atoms with van der Waals surface area (Å²) in [5, 5.41) is 0. The van der Waals surface area contributed by atoms with Gasteiger partial charge in [-0.1, -0.05) is 13.3 Å². The highest BCUT2D eigenvalue weighted by molar-refractivity contribution is 5.79. The predicted octanol–water partition coefficient (Wildman–Crippen LogP) is 1.88. The largest absolute Gasteiger partial charge is 0.391 e. The van der Waals surface area contributed by atoms with Gasteiger partial charge in [-0.05, 0) is 19.3 Å². The van der Waals surface area contributed by atoms with E-state index in [0.717, 1.165) is 12.8 Å². The summed E-state index contributed by atoms with van der Waals surface area (Å²) in [7, 11) is 0. The lowest BCUT2D eigenvalue weighted by Crippen LogP contribution is -2.49. The van der Waals surface area contributed by atoms with Crippen molar-refractivity contribution in [1.82, 2.24) is 10.3 Å². The summed E-state index contributed by atoms with van der Waals surface area (Å²) in [4.78, 5) is 6.06. The van der Waals surface area contributed by atoms with Crippen molar-refractivity contribution in [3.63, 3.8) is 0 Å². The molecule has 0 spiro atoms. The number of aliphatic imine (C=N–C) groups is 1. The molecular formula is C11H21F3N4. The van der Waals surface area contributed by atoms with E-state index in [-0.39, 0.29) is 12.8 Å². The SMILES string of the molecule is CCCCN=C(NN)N1CCC(C(F)(F)F)CC1. The van der Waals surface area contributed by atoms with E-state index in [1.165, 1.54) is 0 Å². The van der Waals surface area contributed by atoms with E-state index in [4.69, 9.17) is 5.84 Å². The molecule has 0 aromatic carbocycles. The van der Waals surface area contributed by atoms with E-state index in [1.54, 1.807) is 4.90 Å². The van der Waals surface area contributed by atoms with E-state index in [2.05, 4.69) is 17.3 Å². The van der Waals surface area contributed by atoms with Gasteiger partial charge in [0.05, 0.1) is 5.92 Å². The van der Waals surface area contributed by atoms with Gasteiger partial charge in [-0.25, -0.2) is 5.84 Å². The first-order valence-electron chi connectivity index (χ1n) is 6.31. The molecule has 0 radical (unpaired) electrons. The third-order valence-electron chi connectivity index (χ3n) is 3.16. The standard InChI is InChI=1S/C11H21F3N4/c1-2-3-6-16-10(17-15)18-7-4-9(5-8-18)11(12,13)14/h9H,2-8,15H2,1H3,(H,16,17). The van der Waals surface area contributed by atoms with Crippen LogP contribution in [0.4, 0.5) is 13.2 Å². The van der Waals surface area contributed by atoms with Crippen LogP contribution in [0, 0.1) is 5.92 Å². The van der Waals surface area contributed by atoms with Crippen molar-refractivity contribution in [1.29, 1.82) is 0 Å². The highest BCUT2D eigenvalue weighted by Crippen LogP contribution is 2.33. The molecule has 0 unspecified atom stereocenters. The first kappa shape index (κ1) is 15.1. The Morgan fingerprint density at radius 2 is 2.00 bits per heavy atom. The van der Waals surface area contributed by atoms with Crippen molar-refractivity contribution >= 4 is 5.96 Å². The molecule has 0 amide bonds. The Morgan fingerprint density at radius 1 is 1.39 bits per heavy atom. The molecule has 0 aliphatic carbocycles. The zero-order valence-electron chi connectivity index (χ0n) is 10.6. The summed E-state index contributed by atoms with van der Waals surface area (Å²) in [5.41, 5.74) is 2.48. The van der Waals surface area contributed by atoms with Gasteiger partial charge in [0.15, 0.2) is 0 Å². The van der Waals surface area contributed by atoms with Crippen molar-refractivity contribution in [3.8, 4) is 0 Å². The number of piperidine rings is 1. The number of guanidine groups is 1. The third kappa shape index (κ3) is 4.36. The van der Waals surface area contributed by atoms with Gasteiger partial charge in [-0.3, -0.25) is 10.4 Å². The molecule has 3 N–H and O–H groups in total. The Morgan fingerprint density at radius 3 is 2.44 bits per heavy atom. The van der Waals surface area contributed by atoms with E-state index < -0.39 is 12.1 Å². The van der Waals surface area contributed by atoms with Gasteiger partial charge < -0.3 is 4.90 Å². The molecule has 0 atom stereocenters. The number of unbranched alkanes of at least 4 members (excludes halogenated alkanes) is 1. The number of hydrazine groups is 1. The fourth-order valence-electron chi connectivity index (χ4n) is 2.00. The molecule has 1 heterocycles. The fraction of sp³-hybridized carbons (Fsp3) is 0.909. The Kier molecular flexibility index (Phi) is 5.71. The average Bonchev–Trinajstić information content (AvgIpc) is 2.34. The molecule has 0 saturated carbocycles. The van der Waals surface area contributed by atoms with Crippen LogP contribution in [-0.2, 0) is 0 Å². The second-order valence-electron chi connectivity index (χ2n) is 4.51. The zero-order valence-corrected chi connectivity index (χ0v) is 10.6. The maximum atomic E-state index is 12.5. The van der Waals surface area contributed by atoms with Gasteiger partial charge in [-0.15, -0.1) is 0 Å². The lowest BCUT2D eigenvalue weighted by molar-refractivity contribution is -0.183. The molecule has 18 heavy (non-hydrogen) atoms. The number of hydrogen-bond acceptors (Lipinski definition) is 2. The van der Waals surface area contributed by atoms with Crippen LogP contribution >= 0.6 is 0 Å². The number of nitrogens with one attached hydrogen (secondary N) is 1. The lowest BCUT2D eigenvalue weighted by atomic mass is 9.96. The zero-order chi connectivity index (χ0) is 13.6. The van der Waals surface area contributed by atoms with E-state index >= 15 is 0 Å². The van der Waals surface area contributed by atoms with Crippen molar-refractivity contribution in [3.05, 3.63) is 0 Å². The average molecular weight is 266 g/mol. The van der Waals surface area contributed by atoms with Crippen LogP contribution in [-0.4, -0.2) is 36.7 Å². The topological polar surface area (TPSA) is 53.6 Å². The number of nitrogens with zero attached hydrogens (tertiary/aromatic N) is 2. The van der Waals surface area contributed by atoms with Crippen LogP contribution < -0.4 is 11.3 Å². The molecule has 4 nitrogen and oxygen atoms in total. The van der Waals surface area contributed by atoms with Crippen LogP contribution in [0.2, 0.25) is 0 Å². The molecule has 1 rings (SSSR count). The second kappa shape index (κ2) is 6.82.